The van der Waals surface area contributed by atoms with Gasteiger partial charge in [-0.2, -0.15) is 0 Å². The quantitative estimate of drug-likeness (QED) is 0.465. The van der Waals surface area contributed by atoms with Crippen molar-refractivity contribution in [3.8, 4) is 0 Å². The van der Waals surface area contributed by atoms with Gasteiger partial charge in [0, 0.05) is 52.7 Å². The average molecular weight is 526 g/mol. The smallest absolute Gasteiger partial charge is 0.306 e. The van der Waals surface area contributed by atoms with E-state index in [1.54, 1.807) is 6.08 Å². The Bertz CT molecular complexity index is 1230. The Kier molecular flexibility index (Phi) is 4.40. The van der Waals surface area contributed by atoms with Gasteiger partial charge in [0.15, 0.2) is 17.3 Å². The normalized spacial score (nSPS) is 58.1. The first-order chi connectivity index (χ1) is 17.9. The zero-order chi connectivity index (χ0) is 26.6. The summed E-state index contributed by atoms with van der Waals surface area (Å²) in [6, 6.07) is 0. The molecule has 5 saturated heterocycles. The highest BCUT2D eigenvalue weighted by molar-refractivity contribution is 5.94. The number of allylic oxidation sites excluding steroid dienone is 3. The number of piperidine rings is 1. The summed E-state index contributed by atoms with van der Waals surface area (Å²) in [7, 11) is 0. The molecule has 0 aromatic rings. The van der Waals surface area contributed by atoms with Crippen molar-refractivity contribution >= 4 is 11.8 Å². The zero-order valence-corrected chi connectivity index (χ0v) is 22.7. The second-order valence-corrected chi connectivity index (χ2v) is 14.4. The molecule has 1 saturated carbocycles. The maximum absolute atomic E-state index is 13.5. The number of aliphatic hydroxyl groups excluding tert-OH is 1. The number of rotatable bonds is 0. The van der Waals surface area contributed by atoms with Gasteiger partial charge >= 0.3 is 5.97 Å². The number of aliphatic hydroxyl groups is 2. The third-order valence-electron chi connectivity index (χ3n) is 12.6. The summed E-state index contributed by atoms with van der Waals surface area (Å²) in [5, 5.41) is 24.3. The Morgan fingerprint density at radius 1 is 1.16 bits per heavy atom. The lowest BCUT2D eigenvalue weighted by Gasteiger charge is -2.69. The van der Waals surface area contributed by atoms with Gasteiger partial charge in [-0.15, -0.1) is 0 Å². The molecule has 4 bridgehead atoms. The number of cyclic esters (lactones) is 1. The monoisotopic (exact) mass is 525 g/mol. The first-order valence-electron chi connectivity index (χ1n) is 14.5. The van der Waals surface area contributed by atoms with E-state index < -0.39 is 45.7 Å². The minimum Gasteiger partial charge on any atom is -0.465 e. The second-order valence-electron chi connectivity index (χ2n) is 14.4. The van der Waals surface area contributed by atoms with Crippen molar-refractivity contribution < 1.29 is 34.0 Å². The number of fused-ring (bicyclic) bond motifs is 5. The molecule has 8 rings (SSSR count). The zero-order valence-electron chi connectivity index (χ0n) is 22.7. The third kappa shape index (κ3) is 2.42. The highest BCUT2D eigenvalue weighted by Crippen LogP contribution is 2.78. The van der Waals surface area contributed by atoms with Crippen molar-refractivity contribution in [3.05, 3.63) is 23.4 Å². The molecular formula is C30H39NO7. The molecule has 0 radical (unpaired) electrons. The van der Waals surface area contributed by atoms with Gasteiger partial charge in [0.1, 0.15) is 6.10 Å². The van der Waals surface area contributed by atoms with Gasteiger partial charge in [0.05, 0.1) is 25.7 Å². The van der Waals surface area contributed by atoms with Gasteiger partial charge in [-0.25, -0.2) is 0 Å². The van der Waals surface area contributed by atoms with Crippen LogP contribution in [0.1, 0.15) is 59.8 Å². The number of carbonyl (C=O) groups is 2. The fourth-order valence-electron chi connectivity index (χ4n) is 11.2. The Labute approximate surface area is 223 Å². The molecule has 5 heterocycles. The summed E-state index contributed by atoms with van der Waals surface area (Å²) >= 11 is 0. The largest absolute Gasteiger partial charge is 0.465 e. The lowest BCUT2D eigenvalue weighted by atomic mass is 9.37. The average Bonchev–Trinajstić information content (AvgIpc) is 3.45. The first kappa shape index (κ1) is 24.1. The molecule has 206 valence electrons. The Hall–Kier alpha value is -1.74. The number of hydrogen-bond donors (Lipinski definition) is 2. The van der Waals surface area contributed by atoms with Crippen molar-refractivity contribution in [3.63, 3.8) is 0 Å². The first-order valence-corrected chi connectivity index (χ1v) is 14.5. The van der Waals surface area contributed by atoms with Crippen LogP contribution in [0.25, 0.3) is 0 Å². The fraction of sp³-hybridized carbons (Fsp3) is 0.800. The summed E-state index contributed by atoms with van der Waals surface area (Å²) in [6.45, 7) is 9.53. The molecule has 2 spiro atoms. The van der Waals surface area contributed by atoms with Crippen LogP contribution in [0.5, 0.6) is 0 Å². The van der Waals surface area contributed by atoms with E-state index in [1.807, 2.05) is 13.8 Å². The molecule has 0 unspecified atom stereocenters. The molecular weight excluding hydrogens is 486 g/mol. The van der Waals surface area contributed by atoms with E-state index in [0.717, 1.165) is 30.5 Å². The molecule has 3 aliphatic carbocycles. The number of ketones is 1. The summed E-state index contributed by atoms with van der Waals surface area (Å²) in [4.78, 5) is 28.8. The number of carbonyl (C=O) groups excluding carboxylic acids is 2. The van der Waals surface area contributed by atoms with E-state index in [1.165, 1.54) is 0 Å². The standard InChI is InChI=1S/C30H39NO7/c1-15-6-19-24(20(32)7-15)17(3)30(35)25-27(19,13-37-30)9-21-26(4,28(25)11-23(34)36-14-28)10-22(33)29-8-16(2)5-18(38-29)12-31(21)29/h7,9,16-19,22,24-25,33,35H,5-6,8,10-14H2,1-4H3/t16-,17+,18+,19+,22-,24-,25-,26+,27+,28+,29+,30+/m0/s1. The van der Waals surface area contributed by atoms with Crippen molar-refractivity contribution in [2.24, 2.45) is 45.8 Å². The van der Waals surface area contributed by atoms with Crippen LogP contribution in [-0.2, 0) is 23.8 Å². The molecule has 5 aliphatic heterocycles. The predicted octanol–water partition coefficient (Wildman–Crippen LogP) is 2.54. The van der Waals surface area contributed by atoms with Gasteiger partial charge in [0.2, 0.25) is 0 Å². The van der Waals surface area contributed by atoms with Gasteiger partial charge in [-0.1, -0.05) is 32.4 Å². The molecule has 12 atom stereocenters. The highest BCUT2D eigenvalue weighted by Gasteiger charge is 2.82. The molecule has 38 heavy (non-hydrogen) atoms. The Balaban J connectivity index is 1.41. The number of nitrogens with zero attached hydrogens (tertiary/aromatic N) is 1. The van der Waals surface area contributed by atoms with E-state index in [2.05, 4.69) is 24.8 Å². The maximum atomic E-state index is 13.5. The van der Waals surface area contributed by atoms with Gasteiger partial charge in [-0.05, 0) is 44.1 Å². The fourth-order valence-corrected chi connectivity index (χ4v) is 11.2. The van der Waals surface area contributed by atoms with Gasteiger partial charge in [0.25, 0.3) is 0 Å². The molecule has 0 aromatic carbocycles. The van der Waals surface area contributed by atoms with Crippen LogP contribution in [0.4, 0.5) is 0 Å². The molecule has 8 nitrogen and oxygen atoms in total. The van der Waals surface area contributed by atoms with Crippen LogP contribution in [0.3, 0.4) is 0 Å². The summed E-state index contributed by atoms with van der Waals surface area (Å²) < 4.78 is 18.9. The van der Waals surface area contributed by atoms with Crippen LogP contribution < -0.4 is 0 Å². The van der Waals surface area contributed by atoms with Gasteiger partial charge < -0.3 is 29.3 Å². The highest BCUT2D eigenvalue weighted by atomic mass is 16.6. The minimum absolute atomic E-state index is 0.0432. The molecule has 0 aromatic heterocycles. The second kappa shape index (κ2) is 6.93. The Morgan fingerprint density at radius 2 is 1.95 bits per heavy atom. The molecule has 8 heteroatoms. The lowest BCUT2D eigenvalue weighted by Crippen LogP contribution is -2.73. The Morgan fingerprint density at radius 3 is 2.68 bits per heavy atom. The van der Waals surface area contributed by atoms with Crippen molar-refractivity contribution in [1.82, 2.24) is 4.90 Å². The maximum Gasteiger partial charge on any atom is 0.306 e. The number of esters is 1. The van der Waals surface area contributed by atoms with E-state index in [9.17, 15) is 19.8 Å². The van der Waals surface area contributed by atoms with Crippen LogP contribution in [0.15, 0.2) is 23.4 Å². The molecule has 6 fully saturated rings. The van der Waals surface area contributed by atoms with E-state index in [4.69, 9.17) is 14.2 Å². The number of hydrogen-bond acceptors (Lipinski definition) is 8. The predicted molar refractivity (Wildman–Crippen MR) is 134 cm³/mol. The van der Waals surface area contributed by atoms with E-state index in [0.29, 0.717) is 25.5 Å². The van der Waals surface area contributed by atoms with Crippen molar-refractivity contribution in [2.75, 3.05) is 19.8 Å². The van der Waals surface area contributed by atoms with Gasteiger partial charge in [-0.3, -0.25) is 9.59 Å². The van der Waals surface area contributed by atoms with Crippen LogP contribution in [-0.4, -0.2) is 70.3 Å². The molecule has 8 aliphatic rings. The van der Waals surface area contributed by atoms with E-state index >= 15 is 0 Å². The summed E-state index contributed by atoms with van der Waals surface area (Å²) in [6.07, 6.45) is 6.45. The molecule has 2 N–H and O–H groups in total. The van der Waals surface area contributed by atoms with Crippen LogP contribution in [0, 0.1) is 45.8 Å². The summed E-state index contributed by atoms with van der Waals surface area (Å²) in [5.74, 6) is -2.59. The summed E-state index contributed by atoms with van der Waals surface area (Å²) in [5.41, 5.74) is -0.683. The van der Waals surface area contributed by atoms with Crippen LogP contribution in [0.2, 0.25) is 0 Å². The topological polar surface area (TPSA) is 106 Å². The number of ether oxygens (including phenoxy) is 3. The van der Waals surface area contributed by atoms with E-state index in [-0.39, 0.29) is 42.7 Å². The minimum atomic E-state index is -1.57. The molecule has 0 amide bonds. The lowest BCUT2D eigenvalue weighted by molar-refractivity contribution is -0.300. The SMILES string of the molecule is CC1=CC(=O)[C@@H]2[C@@H](C1)[C@]13C=C4N5C[C@H]6C[C@H](C)C[C@@]5(O6)[C@@H](O)C[C@@]4(C)[C@]4(COC(=O)C4)[C@H]1[C@](O)(OC3)[C@@H]2C. The van der Waals surface area contributed by atoms with Crippen molar-refractivity contribution in [2.45, 2.75) is 83.5 Å². The third-order valence-corrected chi connectivity index (χ3v) is 12.6. The van der Waals surface area contributed by atoms with Crippen LogP contribution >= 0.6 is 0 Å². The van der Waals surface area contributed by atoms with Crippen molar-refractivity contribution in [1.29, 1.82) is 0 Å².